The number of hydrogen-bond acceptors (Lipinski definition) is 3. The molecule has 2 rings (SSSR count). The van der Waals surface area contributed by atoms with Crippen LogP contribution in [-0.4, -0.2) is 75.0 Å². The summed E-state index contributed by atoms with van der Waals surface area (Å²) in [5.41, 5.74) is -0.297. The lowest BCUT2D eigenvalue weighted by molar-refractivity contribution is -0.138. The second kappa shape index (κ2) is 12.1. The summed E-state index contributed by atoms with van der Waals surface area (Å²) in [6, 6.07) is 0. The second-order valence-corrected chi connectivity index (χ2v) is 8.36. The van der Waals surface area contributed by atoms with E-state index in [0.717, 1.165) is 57.2 Å². The lowest BCUT2D eigenvalue weighted by Gasteiger charge is -2.31. The highest BCUT2D eigenvalue weighted by molar-refractivity contribution is 14.0. The zero-order chi connectivity index (χ0) is 19.0. The molecule has 1 saturated heterocycles. The number of piperidine rings is 1. The van der Waals surface area contributed by atoms with Gasteiger partial charge < -0.3 is 20.4 Å². The van der Waals surface area contributed by atoms with Crippen molar-refractivity contribution >= 4 is 35.8 Å². The molecular formula is C20H40IN5O. The lowest BCUT2D eigenvalue weighted by Crippen LogP contribution is -2.45. The van der Waals surface area contributed by atoms with Crippen molar-refractivity contribution in [1.29, 1.82) is 0 Å². The third kappa shape index (κ3) is 7.40. The van der Waals surface area contributed by atoms with Gasteiger partial charge in [-0.15, -0.1) is 24.0 Å². The summed E-state index contributed by atoms with van der Waals surface area (Å²) in [4.78, 5) is 21.8. The minimum Gasteiger partial charge on any atom is -0.357 e. The third-order valence-electron chi connectivity index (χ3n) is 5.77. The van der Waals surface area contributed by atoms with Crippen LogP contribution < -0.4 is 10.6 Å². The van der Waals surface area contributed by atoms with E-state index in [-0.39, 0.29) is 35.3 Å². The summed E-state index contributed by atoms with van der Waals surface area (Å²) < 4.78 is 0. The summed E-state index contributed by atoms with van der Waals surface area (Å²) in [6.45, 7) is 10.2. The smallest absolute Gasteiger partial charge is 0.230 e. The molecule has 1 heterocycles. The zero-order valence-corrected chi connectivity index (χ0v) is 20.1. The zero-order valence-electron chi connectivity index (χ0n) is 17.7. The average Bonchev–Trinajstić information content (AvgIpc) is 3.09. The first-order valence-corrected chi connectivity index (χ1v) is 10.4. The largest absolute Gasteiger partial charge is 0.357 e. The molecule has 27 heavy (non-hydrogen) atoms. The maximum absolute atomic E-state index is 12.7. The number of halogens is 1. The van der Waals surface area contributed by atoms with Crippen LogP contribution in [-0.2, 0) is 4.79 Å². The standard InChI is InChI=1S/C20H39N5O.HI/c1-5-21-19(22-12-14-25-13-8-9-17(2)15-25)23-16-20(10-6-7-11-20)18(26)24(3)4;/h17H,5-16H2,1-4H3,(H2,21,22,23);1H. The molecule has 1 saturated carbocycles. The van der Waals surface area contributed by atoms with E-state index in [1.54, 1.807) is 4.90 Å². The Kier molecular flexibility index (Phi) is 11.0. The van der Waals surface area contributed by atoms with Crippen LogP contribution in [0.3, 0.4) is 0 Å². The van der Waals surface area contributed by atoms with Crippen molar-refractivity contribution < 1.29 is 4.79 Å². The van der Waals surface area contributed by atoms with Gasteiger partial charge in [-0.25, -0.2) is 0 Å². The van der Waals surface area contributed by atoms with E-state index in [2.05, 4.69) is 29.4 Å². The first-order valence-electron chi connectivity index (χ1n) is 10.4. The van der Waals surface area contributed by atoms with Crippen molar-refractivity contribution in [3.8, 4) is 0 Å². The minimum absolute atomic E-state index is 0. The van der Waals surface area contributed by atoms with Crippen molar-refractivity contribution in [2.24, 2.45) is 16.3 Å². The fraction of sp³-hybridized carbons (Fsp3) is 0.900. The van der Waals surface area contributed by atoms with Gasteiger partial charge in [-0.05, 0) is 45.1 Å². The number of hydrogen-bond donors (Lipinski definition) is 2. The first-order chi connectivity index (χ1) is 12.5. The molecule has 2 N–H and O–H groups in total. The number of amides is 1. The van der Waals surface area contributed by atoms with Crippen LogP contribution in [0.25, 0.3) is 0 Å². The van der Waals surface area contributed by atoms with Gasteiger partial charge in [0.15, 0.2) is 5.96 Å². The third-order valence-corrected chi connectivity index (χ3v) is 5.77. The van der Waals surface area contributed by atoms with Gasteiger partial charge in [-0.2, -0.15) is 0 Å². The normalized spacial score (nSPS) is 22.8. The van der Waals surface area contributed by atoms with Crippen molar-refractivity contribution in [2.75, 3.05) is 53.4 Å². The Morgan fingerprint density at radius 1 is 1.22 bits per heavy atom. The highest BCUT2D eigenvalue weighted by Gasteiger charge is 2.42. The summed E-state index contributed by atoms with van der Waals surface area (Å²) in [5, 5.41) is 6.80. The molecule has 1 atom stereocenters. The van der Waals surface area contributed by atoms with Crippen LogP contribution in [0.5, 0.6) is 0 Å². The molecule has 1 amide bonds. The molecule has 1 unspecified atom stereocenters. The van der Waals surface area contributed by atoms with Crippen LogP contribution in [0.15, 0.2) is 4.99 Å². The van der Waals surface area contributed by atoms with Gasteiger partial charge in [0.25, 0.3) is 0 Å². The molecule has 0 radical (unpaired) electrons. The van der Waals surface area contributed by atoms with Crippen molar-refractivity contribution in [3.05, 3.63) is 0 Å². The van der Waals surface area contributed by atoms with E-state index < -0.39 is 0 Å². The summed E-state index contributed by atoms with van der Waals surface area (Å²) in [7, 11) is 3.71. The van der Waals surface area contributed by atoms with Crippen LogP contribution in [0.2, 0.25) is 0 Å². The number of rotatable bonds is 7. The minimum atomic E-state index is -0.297. The van der Waals surface area contributed by atoms with E-state index >= 15 is 0 Å². The molecule has 6 nitrogen and oxygen atoms in total. The van der Waals surface area contributed by atoms with E-state index in [0.29, 0.717) is 6.54 Å². The van der Waals surface area contributed by atoms with Crippen molar-refractivity contribution in [2.45, 2.75) is 52.4 Å². The van der Waals surface area contributed by atoms with Gasteiger partial charge in [0.2, 0.25) is 5.91 Å². The number of carbonyl (C=O) groups excluding carboxylic acids is 1. The molecule has 2 aliphatic rings. The fourth-order valence-electron chi connectivity index (χ4n) is 4.36. The summed E-state index contributed by atoms with van der Waals surface area (Å²) >= 11 is 0. The van der Waals surface area contributed by atoms with Gasteiger partial charge in [0.05, 0.1) is 12.0 Å². The van der Waals surface area contributed by atoms with Gasteiger partial charge in [-0.1, -0.05) is 19.8 Å². The van der Waals surface area contributed by atoms with Crippen LogP contribution >= 0.6 is 24.0 Å². The predicted octanol–water partition coefficient (Wildman–Crippen LogP) is 2.54. The van der Waals surface area contributed by atoms with Crippen LogP contribution in [0.1, 0.15) is 52.4 Å². The Bertz CT molecular complexity index is 477. The molecule has 2 fully saturated rings. The molecule has 7 heteroatoms. The Balaban J connectivity index is 0.00000364. The maximum Gasteiger partial charge on any atom is 0.230 e. The molecule has 158 valence electrons. The average molecular weight is 493 g/mol. The SMILES string of the molecule is CCNC(=NCC1(C(=O)N(C)C)CCCC1)NCCN1CCCC(C)C1.I. The molecule has 0 aromatic carbocycles. The number of nitrogens with zero attached hydrogens (tertiary/aromatic N) is 3. The topological polar surface area (TPSA) is 60.0 Å². The molecule has 0 spiro atoms. The predicted molar refractivity (Wildman–Crippen MR) is 124 cm³/mol. The van der Waals surface area contributed by atoms with Crippen LogP contribution in [0.4, 0.5) is 0 Å². The molecule has 1 aliphatic heterocycles. The molecule has 0 aromatic heterocycles. The Labute approximate surface area is 182 Å². The van der Waals surface area contributed by atoms with E-state index in [1.165, 1.54) is 25.9 Å². The Morgan fingerprint density at radius 2 is 1.93 bits per heavy atom. The molecule has 0 aromatic rings. The fourth-order valence-corrected chi connectivity index (χ4v) is 4.36. The maximum atomic E-state index is 12.7. The van der Waals surface area contributed by atoms with Gasteiger partial charge in [0.1, 0.15) is 0 Å². The van der Waals surface area contributed by atoms with Crippen molar-refractivity contribution in [1.82, 2.24) is 20.4 Å². The second-order valence-electron chi connectivity index (χ2n) is 8.36. The monoisotopic (exact) mass is 493 g/mol. The summed E-state index contributed by atoms with van der Waals surface area (Å²) in [5.74, 6) is 1.89. The highest BCUT2D eigenvalue weighted by atomic mass is 127. The number of aliphatic imine (C=N–C) groups is 1. The molecule has 0 bridgehead atoms. The quantitative estimate of drug-likeness (QED) is 0.325. The number of guanidine groups is 1. The highest BCUT2D eigenvalue weighted by Crippen LogP contribution is 2.39. The van der Waals surface area contributed by atoms with Gasteiger partial charge in [-0.3, -0.25) is 9.79 Å². The molecular weight excluding hydrogens is 453 g/mol. The number of likely N-dealkylation sites (tertiary alicyclic amines) is 1. The molecule has 1 aliphatic carbocycles. The Hall–Kier alpha value is -0.570. The Morgan fingerprint density at radius 3 is 2.52 bits per heavy atom. The van der Waals surface area contributed by atoms with Crippen molar-refractivity contribution in [3.63, 3.8) is 0 Å². The van der Waals surface area contributed by atoms with Gasteiger partial charge in [0, 0.05) is 40.3 Å². The van der Waals surface area contributed by atoms with Gasteiger partial charge >= 0.3 is 0 Å². The van der Waals surface area contributed by atoms with E-state index in [1.807, 2.05) is 14.1 Å². The van der Waals surface area contributed by atoms with Crippen LogP contribution in [0, 0.1) is 11.3 Å². The van der Waals surface area contributed by atoms with E-state index in [9.17, 15) is 4.79 Å². The number of nitrogens with one attached hydrogen (secondary N) is 2. The number of carbonyl (C=O) groups is 1. The van der Waals surface area contributed by atoms with E-state index in [4.69, 9.17) is 4.99 Å². The lowest BCUT2D eigenvalue weighted by atomic mass is 9.85. The summed E-state index contributed by atoms with van der Waals surface area (Å²) in [6.07, 6.45) is 6.84. The first kappa shape index (κ1) is 24.5.